The molecule has 0 aliphatic carbocycles. The molecule has 74 valence electrons. The Kier molecular flexibility index (Phi) is 2.25. The van der Waals surface area contributed by atoms with E-state index < -0.39 is 0 Å². The smallest absolute Gasteiger partial charge is 0.109 e. The maximum Gasteiger partial charge on any atom is 0.109 e. The molecule has 0 fully saturated rings. The first-order valence-electron chi connectivity index (χ1n) is 4.89. The van der Waals surface area contributed by atoms with Gasteiger partial charge in [-0.25, -0.2) is 4.98 Å². The molecule has 3 N–H and O–H groups in total. The Morgan fingerprint density at radius 3 is 2.86 bits per heavy atom. The van der Waals surface area contributed by atoms with E-state index in [9.17, 15) is 0 Å². The predicted octanol–water partition coefficient (Wildman–Crippen LogP) is 2.15. The number of nitrogens with zero attached hydrogens (tertiary/aromatic N) is 1. The first kappa shape index (κ1) is 9.21. The van der Waals surface area contributed by atoms with Gasteiger partial charge in [0.15, 0.2) is 0 Å². The first-order chi connectivity index (χ1) is 6.70. The van der Waals surface area contributed by atoms with E-state index >= 15 is 0 Å². The lowest BCUT2D eigenvalue weighted by atomic mass is 10.2. The zero-order valence-electron chi connectivity index (χ0n) is 8.54. The molecule has 0 saturated heterocycles. The third-order valence-electron chi connectivity index (χ3n) is 2.35. The highest BCUT2D eigenvalue weighted by Crippen LogP contribution is 2.17. The lowest BCUT2D eigenvalue weighted by Gasteiger charge is -1.95. The number of rotatable bonds is 2. The summed E-state index contributed by atoms with van der Waals surface area (Å²) in [5, 5.41) is 0. The molecule has 0 spiro atoms. The Morgan fingerprint density at radius 1 is 1.43 bits per heavy atom. The summed E-state index contributed by atoms with van der Waals surface area (Å²) in [6, 6.07) is 6.11. The van der Waals surface area contributed by atoms with E-state index in [-0.39, 0.29) is 0 Å². The van der Waals surface area contributed by atoms with Gasteiger partial charge >= 0.3 is 0 Å². The summed E-state index contributed by atoms with van der Waals surface area (Å²) in [6.45, 7) is 4.82. The molecule has 3 heteroatoms. The number of nitrogens with one attached hydrogen (secondary N) is 1. The van der Waals surface area contributed by atoms with Crippen molar-refractivity contribution in [1.29, 1.82) is 0 Å². The average molecular weight is 189 g/mol. The SMILES string of the molecule is CC(C)c1nc2cc(CN)ccc2[nH]1. The van der Waals surface area contributed by atoms with Crippen LogP contribution in [0.3, 0.4) is 0 Å². The number of benzene rings is 1. The maximum absolute atomic E-state index is 5.57. The average Bonchev–Trinajstić information content (AvgIpc) is 2.59. The minimum absolute atomic E-state index is 0.434. The van der Waals surface area contributed by atoms with Crippen LogP contribution in [0.25, 0.3) is 11.0 Å². The molecule has 0 unspecified atom stereocenters. The summed E-state index contributed by atoms with van der Waals surface area (Å²) in [6.07, 6.45) is 0. The van der Waals surface area contributed by atoms with Crippen LogP contribution < -0.4 is 5.73 Å². The van der Waals surface area contributed by atoms with E-state index in [2.05, 4.69) is 23.8 Å². The van der Waals surface area contributed by atoms with E-state index in [1.807, 2.05) is 18.2 Å². The molecule has 1 heterocycles. The minimum Gasteiger partial charge on any atom is -0.342 e. The molecule has 0 saturated carbocycles. The van der Waals surface area contributed by atoms with E-state index in [0.29, 0.717) is 12.5 Å². The summed E-state index contributed by atoms with van der Waals surface area (Å²) in [7, 11) is 0. The van der Waals surface area contributed by atoms with Crippen molar-refractivity contribution >= 4 is 11.0 Å². The van der Waals surface area contributed by atoms with Crippen LogP contribution in [-0.4, -0.2) is 9.97 Å². The topological polar surface area (TPSA) is 54.7 Å². The first-order valence-corrected chi connectivity index (χ1v) is 4.89. The summed E-state index contributed by atoms with van der Waals surface area (Å²) in [5.74, 6) is 1.47. The third-order valence-corrected chi connectivity index (χ3v) is 2.35. The molecule has 0 radical (unpaired) electrons. The largest absolute Gasteiger partial charge is 0.342 e. The normalized spacial score (nSPS) is 11.4. The quantitative estimate of drug-likeness (QED) is 0.760. The van der Waals surface area contributed by atoms with Crippen molar-refractivity contribution in [3.63, 3.8) is 0 Å². The predicted molar refractivity (Wildman–Crippen MR) is 58.1 cm³/mol. The molecule has 3 nitrogen and oxygen atoms in total. The monoisotopic (exact) mass is 189 g/mol. The Balaban J connectivity index is 2.54. The van der Waals surface area contributed by atoms with Crippen molar-refractivity contribution in [1.82, 2.24) is 9.97 Å². The maximum atomic E-state index is 5.57. The number of H-pyrrole nitrogens is 1. The summed E-state index contributed by atoms with van der Waals surface area (Å²) >= 11 is 0. The van der Waals surface area contributed by atoms with Crippen LogP contribution in [0.15, 0.2) is 18.2 Å². The van der Waals surface area contributed by atoms with Gasteiger partial charge in [-0.3, -0.25) is 0 Å². The van der Waals surface area contributed by atoms with Gasteiger partial charge in [0.05, 0.1) is 11.0 Å². The second kappa shape index (κ2) is 3.42. The number of fused-ring (bicyclic) bond motifs is 1. The van der Waals surface area contributed by atoms with Gasteiger partial charge in [-0.05, 0) is 17.7 Å². The Morgan fingerprint density at radius 2 is 2.21 bits per heavy atom. The zero-order valence-corrected chi connectivity index (χ0v) is 8.54. The van der Waals surface area contributed by atoms with Crippen LogP contribution in [0.1, 0.15) is 31.2 Å². The van der Waals surface area contributed by atoms with E-state index in [1.54, 1.807) is 0 Å². The third kappa shape index (κ3) is 1.51. The second-order valence-corrected chi connectivity index (χ2v) is 3.83. The molecule has 0 bridgehead atoms. The number of aromatic amines is 1. The summed E-state index contributed by atoms with van der Waals surface area (Å²) < 4.78 is 0. The highest BCUT2D eigenvalue weighted by atomic mass is 14.9. The summed E-state index contributed by atoms with van der Waals surface area (Å²) in [5.41, 5.74) is 8.79. The van der Waals surface area contributed by atoms with Gasteiger partial charge in [0.1, 0.15) is 5.82 Å². The minimum atomic E-state index is 0.434. The highest BCUT2D eigenvalue weighted by Gasteiger charge is 2.05. The fourth-order valence-electron chi connectivity index (χ4n) is 1.47. The van der Waals surface area contributed by atoms with Crippen LogP contribution in [0.4, 0.5) is 0 Å². The van der Waals surface area contributed by atoms with Crippen molar-refractivity contribution in [3.05, 3.63) is 29.6 Å². The van der Waals surface area contributed by atoms with Crippen molar-refractivity contribution in [2.75, 3.05) is 0 Å². The number of aromatic nitrogens is 2. The number of hydrogen-bond acceptors (Lipinski definition) is 2. The molecule has 2 aromatic rings. The Hall–Kier alpha value is -1.35. The van der Waals surface area contributed by atoms with Crippen LogP contribution in [0.5, 0.6) is 0 Å². The van der Waals surface area contributed by atoms with Crippen LogP contribution in [0.2, 0.25) is 0 Å². The van der Waals surface area contributed by atoms with Gasteiger partial charge in [0.2, 0.25) is 0 Å². The fraction of sp³-hybridized carbons (Fsp3) is 0.364. The van der Waals surface area contributed by atoms with Gasteiger partial charge in [-0.15, -0.1) is 0 Å². The lowest BCUT2D eigenvalue weighted by molar-refractivity contribution is 0.799. The molecular weight excluding hydrogens is 174 g/mol. The second-order valence-electron chi connectivity index (χ2n) is 3.83. The van der Waals surface area contributed by atoms with Crippen molar-refractivity contribution in [2.24, 2.45) is 5.73 Å². The zero-order chi connectivity index (χ0) is 10.1. The number of nitrogens with two attached hydrogens (primary N) is 1. The van der Waals surface area contributed by atoms with Gasteiger partial charge in [-0.2, -0.15) is 0 Å². The summed E-state index contributed by atoms with van der Waals surface area (Å²) in [4.78, 5) is 7.80. The molecule has 0 aliphatic rings. The molecular formula is C11H15N3. The Labute approximate surface area is 83.3 Å². The highest BCUT2D eigenvalue weighted by molar-refractivity contribution is 5.75. The van der Waals surface area contributed by atoms with Crippen LogP contribution in [-0.2, 0) is 6.54 Å². The van der Waals surface area contributed by atoms with Crippen LogP contribution >= 0.6 is 0 Å². The number of hydrogen-bond donors (Lipinski definition) is 2. The van der Waals surface area contributed by atoms with Crippen molar-refractivity contribution in [3.8, 4) is 0 Å². The van der Waals surface area contributed by atoms with Gasteiger partial charge in [-0.1, -0.05) is 19.9 Å². The molecule has 1 aromatic heterocycles. The van der Waals surface area contributed by atoms with Crippen LogP contribution in [0, 0.1) is 0 Å². The Bertz CT molecular complexity index is 443. The number of imidazole rings is 1. The van der Waals surface area contributed by atoms with E-state index in [4.69, 9.17) is 5.73 Å². The van der Waals surface area contributed by atoms with Gasteiger partial charge in [0.25, 0.3) is 0 Å². The molecule has 1 aromatic carbocycles. The van der Waals surface area contributed by atoms with Crippen molar-refractivity contribution in [2.45, 2.75) is 26.3 Å². The van der Waals surface area contributed by atoms with E-state index in [0.717, 1.165) is 22.4 Å². The molecule has 2 rings (SSSR count). The van der Waals surface area contributed by atoms with Gasteiger partial charge < -0.3 is 10.7 Å². The molecule has 0 amide bonds. The lowest BCUT2D eigenvalue weighted by Crippen LogP contribution is -1.95. The molecule has 0 atom stereocenters. The van der Waals surface area contributed by atoms with Gasteiger partial charge in [0, 0.05) is 12.5 Å². The van der Waals surface area contributed by atoms with E-state index in [1.165, 1.54) is 0 Å². The standard InChI is InChI=1S/C11H15N3/c1-7(2)11-13-9-4-3-8(6-12)5-10(9)14-11/h3-5,7H,6,12H2,1-2H3,(H,13,14). The fourth-order valence-corrected chi connectivity index (χ4v) is 1.47. The van der Waals surface area contributed by atoms with Crippen molar-refractivity contribution < 1.29 is 0 Å². The molecule has 0 aliphatic heterocycles. The molecule has 14 heavy (non-hydrogen) atoms.